The minimum absolute atomic E-state index is 0.0371. The van der Waals surface area contributed by atoms with Gasteiger partial charge in [0.05, 0.1) is 34.1 Å². The second kappa shape index (κ2) is 13.0. The third kappa shape index (κ3) is 7.98. The number of alkyl halides is 2. The van der Waals surface area contributed by atoms with Crippen molar-refractivity contribution in [2.24, 2.45) is 5.92 Å². The van der Waals surface area contributed by atoms with E-state index in [0.717, 1.165) is 23.7 Å². The molecule has 0 bridgehead atoms. The molecule has 1 N–H and O–H groups in total. The van der Waals surface area contributed by atoms with Gasteiger partial charge in [-0.05, 0) is 54.2 Å². The number of fused-ring (bicyclic) bond motifs is 1. The van der Waals surface area contributed by atoms with Crippen LogP contribution in [0, 0.1) is 5.92 Å². The molecule has 2 heterocycles. The molecule has 0 saturated heterocycles. The van der Waals surface area contributed by atoms with Crippen molar-refractivity contribution in [1.82, 2.24) is 9.55 Å². The number of hydrogen-bond donors (Lipinski definition) is 1. The van der Waals surface area contributed by atoms with Gasteiger partial charge in [-0.1, -0.05) is 29.3 Å². The fourth-order valence-electron chi connectivity index (χ4n) is 4.39. The van der Waals surface area contributed by atoms with Gasteiger partial charge in [-0.3, -0.25) is 19.1 Å². The van der Waals surface area contributed by atoms with Gasteiger partial charge in [-0.2, -0.15) is 8.78 Å². The number of benzene rings is 2. The summed E-state index contributed by atoms with van der Waals surface area (Å²) in [6.45, 7) is -3.36. The van der Waals surface area contributed by atoms with Crippen molar-refractivity contribution < 1.29 is 40.6 Å². The Morgan fingerprint density at radius 2 is 1.86 bits per heavy atom. The first-order valence-electron chi connectivity index (χ1n) is 13.2. The highest BCUT2D eigenvalue weighted by Crippen LogP contribution is 2.38. The van der Waals surface area contributed by atoms with Gasteiger partial charge in [-0.25, -0.2) is 13.2 Å². The number of oxazole rings is 1. The fourth-order valence-corrected chi connectivity index (χ4v) is 5.46. The number of anilines is 1. The Bertz CT molecular complexity index is 1840. The Morgan fingerprint density at radius 1 is 1.14 bits per heavy atom. The van der Waals surface area contributed by atoms with Gasteiger partial charge in [0, 0.05) is 24.9 Å². The number of rotatable bonds is 13. The lowest BCUT2D eigenvalue weighted by molar-refractivity contribution is -0.150. The van der Waals surface area contributed by atoms with E-state index in [1.54, 1.807) is 0 Å². The van der Waals surface area contributed by atoms with Gasteiger partial charge < -0.3 is 18.6 Å². The molecule has 16 heteroatoms. The largest absolute Gasteiger partial charge is 0.489 e. The zero-order valence-corrected chi connectivity index (χ0v) is 25.3. The summed E-state index contributed by atoms with van der Waals surface area (Å²) in [6.07, 6.45) is 4.53. The number of sulfonamides is 1. The third-order valence-corrected chi connectivity index (χ3v) is 7.86. The predicted molar refractivity (Wildman–Crippen MR) is 157 cm³/mol. The molecule has 5 rings (SSSR count). The lowest BCUT2D eigenvalue weighted by Crippen LogP contribution is -2.24. The van der Waals surface area contributed by atoms with Crippen molar-refractivity contribution in [2.45, 2.75) is 38.5 Å². The number of carbonyl (C=O) groups excluding carboxylic acids is 1. The molecule has 44 heavy (non-hydrogen) atoms. The number of hydrogen-bond acceptors (Lipinski definition) is 9. The Morgan fingerprint density at radius 3 is 2.52 bits per heavy atom. The summed E-state index contributed by atoms with van der Waals surface area (Å²) >= 11 is 12.7. The van der Waals surface area contributed by atoms with Crippen LogP contribution in [0.25, 0.3) is 11.1 Å². The zero-order chi connectivity index (χ0) is 31.6. The smallest absolute Gasteiger partial charge is 0.420 e. The van der Waals surface area contributed by atoms with Gasteiger partial charge in [0.15, 0.2) is 17.1 Å². The predicted octanol–water partition coefficient (Wildman–Crippen LogP) is 5.59. The molecular weight excluding hydrogens is 647 g/mol. The summed E-state index contributed by atoms with van der Waals surface area (Å²) < 4.78 is 74.1. The maximum atomic E-state index is 13.3. The highest BCUT2D eigenvalue weighted by atomic mass is 35.5. The van der Waals surface area contributed by atoms with Crippen LogP contribution in [0.3, 0.4) is 0 Å². The Hall–Kier alpha value is -3.88. The fraction of sp³-hybridized carbons (Fsp3) is 0.321. The number of halogens is 4. The molecule has 0 radical (unpaired) electrons. The van der Waals surface area contributed by atoms with Crippen molar-refractivity contribution in [3.8, 4) is 11.5 Å². The standard InChI is InChI=1S/C28H25Cl2F2N3O8S/c1-44(38,39)34-17-5-6-21-24(9-17)43-28(37)35(21)13-26(36)41-23(10-18-19(29)11-33-12-20(18)30)16-4-7-22(42-27(31)32)25(8-16)40-14-15-2-3-15/h4-9,11-12,15,23,27,34H,2-3,10,13-14H2,1H3. The second-order valence-corrected chi connectivity index (χ2v) is 12.7. The van der Waals surface area contributed by atoms with Crippen molar-refractivity contribution in [1.29, 1.82) is 0 Å². The summed E-state index contributed by atoms with van der Waals surface area (Å²) in [4.78, 5) is 29.8. The number of aromatic nitrogens is 2. The van der Waals surface area contributed by atoms with Gasteiger partial charge in [0.2, 0.25) is 10.0 Å². The molecule has 234 valence electrons. The Balaban J connectivity index is 1.44. The summed E-state index contributed by atoms with van der Waals surface area (Å²) in [6, 6.07) is 8.30. The molecule has 0 amide bonds. The van der Waals surface area contributed by atoms with E-state index < -0.39 is 41.0 Å². The first kappa shape index (κ1) is 31.5. The average molecular weight is 672 g/mol. The maximum absolute atomic E-state index is 13.3. The van der Waals surface area contributed by atoms with Crippen molar-refractivity contribution in [3.05, 3.63) is 80.5 Å². The molecule has 1 fully saturated rings. The SMILES string of the molecule is CS(=O)(=O)Nc1ccc2c(c1)oc(=O)n2CC(=O)OC(Cc1c(Cl)cncc1Cl)c1ccc(OC(F)F)c(OCC2CC2)c1. The van der Waals surface area contributed by atoms with Crippen LogP contribution in [0.5, 0.6) is 11.5 Å². The quantitative estimate of drug-likeness (QED) is 0.180. The number of carbonyl (C=O) groups is 1. The molecule has 1 saturated carbocycles. The van der Waals surface area contributed by atoms with Gasteiger partial charge in [-0.15, -0.1) is 0 Å². The minimum Gasteiger partial charge on any atom is -0.489 e. The molecule has 11 nitrogen and oxygen atoms in total. The van der Waals surface area contributed by atoms with E-state index in [-0.39, 0.29) is 44.8 Å². The van der Waals surface area contributed by atoms with Crippen LogP contribution in [-0.2, 0) is 32.5 Å². The Labute approximate surface area is 259 Å². The Kier molecular flexibility index (Phi) is 9.32. The second-order valence-electron chi connectivity index (χ2n) is 10.1. The number of ether oxygens (including phenoxy) is 3. The number of pyridine rings is 1. The van der Waals surface area contributed by atoms with E-state index in [1.165, 1.54) is 48.8 Å². The van der Waals surface area contributed by atoms with Crippen molar-refractivity contribution in [2.75, 3.05) is 17.6 Å². The van der Waals surface area contributed by atoms with E-state index in [0.29, 0.717) is 23.7 Å². The van der Waals surface area contributed by atoms with E-state index in [4.69, 9.17) is 37.1 Å². The summed E-state index contributed by atoms with van der Waals surface area (Å²) in [5.74, 6) is -1.57. The molecule has 0 aliphatic heterocycles. The van der Waals surface area contributed by atoms with Crippen molar-refractivity contribution >= 4 is 56.0 Å². The monoisotopic (exact) mass is 671 g/mol. The van der Waals surface area contributed by atoms with Gasteiger partial charge >= 0.3 is 18.3 Å². The summed E-state index contributed by atoms with van der Waals surface area (Å²) in [7, 11) is -3.58. The third-order valence-electron chi connectivity index (χ3n) is 6.60. The molecule has 1 unspecified atom stereocenters. The average Bonchev–Trinajstić information content (AvgIpc) is 3.71. The minimum atomic E-state index is -3.58. The summed E-state index contributed by atoms with van der Waals surface area (Å²) in [5, 5.41) is 0.411. The van der Waals surface area contributed by atoms with Crippen LogP contribution >= 0.6 is 23.2 Å². The molecule has 4 aromatic rings. The van der Waals surface area contributed by atoms with Crippen LogP contribution in [0.15, 0.2) is 58.0 Å². The lowest BCUT2D eigenvalue weighted by atomic mass is 10.0. The van der Waals surface area contributed by atoms with E-state index in [1.807, 2.05) is 0 Å². The van der Waals surface area contributed by atoms with Crippen LogP contribution in [0.4, 0.5) is 14.5 Å². The number of nitrogens with zero attached hydrogens (tertiary/aromatic N) is 2. The first-order chi connectivity index (χ1) is 20.9. The van der Waals surface area contributed by atoms with Crippen LogP contribution in [0.2, 0.25) is 10.0 Å². The van der Waals surface area contributed by atoms with Gasteiger partial charge in [0.1, 0.15) is 12.6 Å². The molecule has 1 aliphatic carbocycles. The number of esters is 1. The van der Waals surface area contributed by atoms with E-state index >= 15 is 0 Å². The molecule has 2 aromatic carbocycles. The maximum Gasteiger partial charge on any atom is 0.420 e. The highest BCUT2D eigenvalue weighted by Gasteiger charge is 2.26. The molecular formula is C28H25Cl2F2N3O8S. The zero-order valence-electron chi connectivity index (χ0n) is 23.0. The molecule has 0 spiro atoms. The normalized spacial score (nSPS) is 14.0. The van der Waals surface area contributed by atoms with Crippen LogP contribution in [-0.4, -0.2) is 43.4 Å². The molecule has 2 aromatic heterocycles. The topological polar surface area (TPSA) is 139 Å². The van der Waals surface area contributed by atoms with Crippen LogP contribution in [0.1, 0.15) is 30.1 Å². The van der Waals surface area contributed by atoms with Gasteiger partial charge in [0.25, 0.3) is 0 Å². The molecule has 1 aliphatic rings. The lowest BCUT2D eigenvalue weighted by Gasteiger charge is -2.21. The van der Waals surface area contributed by atoms with E-state index in [9.17, 15) is 26.8 Å². The van der Waals surface area contributed by atoms with Crippen molar-refractivity contribution in [3.63, 3.8) is 0 Å². The van der Waals surface area contributed by atoms with E-state index in [2.05, 4.69) is 14.4 Å². The highest BCUT2D eigenvalue weighted by molar-refractivity contribution is 7.92. The summed E-state index contributed by atoms with van der Waals surface area (Å²) in [5.41, 5.74) is 1.18. The number of nitrogens with one attached hydrogen (secondary N) is 1. The first-order valence-corrected chi connectivity index (χ1v) is 15.8. The molecule has 1 atom stereocenters. The van der Waals surface area contributed by atoms with Crippen LogP contribution < -0.4 is 20.0 Å².